The molecule has 35 heavy (non-hydrogen) atoms. The quantitative estimate of drug-likeness (QED) is 0.234. The number of aromatic nitrogens is 2. The lowest BCUT2D eigenvalue weighted by atomic mass is 10.1. The van der Waals surface area contributed by atoms with Crippen molar-refractivity contribution in [3.05, 3.63) is 76.0 Å². The number of carbonyl (C=O) groups is 2. The first kappa shape index (κ1) is 23.4. The van der Waals surface area contributed by atoms with Gasteiger partial charge < -0.3 is 19.3 Å². The number of ether oxygens (including phenoxy) is 2. The van der Waals surface area contributed by atoms with Gasteiger partial charge in [0.25, 0.3) is 17.3 Å². The standard InChI is InChI=1S/C24H20N4O7/c1-13-21-17(12-19(26-23(21)35-27-13)15-7-5-4-6-8-15)24(30)34-14(2)22(29)25-18-10-9-16(33-3)11-20(18)28(31)32/h4-12,14H,1-3H3,(H,25,29). The lowest BCUT2D eigenvalue weighted by Crippen LogP contribution is -2.30. The number of aryl methyl sites for hydroxylation is 1. The van der Waals surface area contributed by atoms with E-state index in [9.17, 15) is 19.7 Å². The molecule has 0 saturated heterocycles. The minimum atomic E-state index is -1.27. The molecule has 0 spiro atoms. The number of nitro groups is 1. The number of hydrogen-bond donors (Lipinski definition) is 1. The van der Waals surface area contributed by atoms with Crippen molar-refractivity contribution in [2.24, 2.45) is 0 Å². The fraction of sp³-hybridized carbons (Fsp3) is 0.167. The van der Waals surface area contributed by atoms with Gasteiger partial charge in [-0.25, -0.2) is 9.78 Å². The fourth-order valence-electron chi connectivity index (χ4n) is 3.42. The van der Waals surface area contributed by atoms with Gasteiger partial charge >= 0.3 is 5.97 Å². The van der Waals surface area contributed by atoms with E-state index in [-0.39, 0.29) is 28.4 Å². The maximum Gasteiger partial charge on any atom is 0.339 e. The first-order valence-corrected chi connectivity index (χ1v) is 10.4. The molecular formula is C24H20N4O7. The first-order valence-electron chi connectivity index (χ1n) is 10.4. The molecule has 1 amide bonds. The molecule has 11 nitrogen and oxygen atoms in total. The van der Waals surface area contributed by atoms with Crippen LogP contribution in [0.15, 0.2) is 59.1 Å². The lowest BCUT2D eigenvalue weighted by Gasteiger charge is -2.14. The van der Waals surface area contributed by atoms with Crippen molar-refractivity contribution in [1.29, 1.82) is 0 Å². The smallest absolute Gasteiger partial charge is 0.339 e. The summed E-state index contributed by atoms with van der Waals surface area (Å²) < 4.78 is 15.7. The van der Waals surface area contributed by atoms with Crippen molar-refractivity contribution in [2.45, 2.75) is 20.0 Å². The summed E-state index contributed by atoms with van der Waals surface area (Å²) in [6.07, 6.45) is -1.27. The molecule has 0 aliphatic heterocycles. The van der Waals surface area contributed by atoms with Crippen LogP contribution in [0.5, 0.6) is 5.75 Å². The molecule has 0 radical (unpaired) electrons. The number of esters is 1. The van der Waals surface area contributed by atoms with Gasteiger partial charge in [0.1, 0.15) is 11.4 Å². The summed E-state index contributed by atoms with van der Waals surface area (Å²) in [5.74, 6) is -1.29. The Balaban J connectivity index is 1.59. The zero-order chi connectivity index (χ0) is 25.1. The number of benzene rings is 2. The monoisotopic (exact) mass is 476 g/mol. The third-order valence-corrected chi connectivity index (χ3v) is 5.22. The molecular weight excluding hydrogens is 456 g/mol. The van der Waals surface area contributed by atoms with E-state index in [0.29, 0.717) is 16.8 Å². The number of amides is 1. The average molecular weight is 476 g/mol. The van der Waals surface area contributed by atoms with Crippen LogP contribution in [0.3, 0.4) is 0 Å². The summed E-state index contributed by atoms with van der Waals surface area (Å²) in [4.78, 5) is 40.9. The average Bonchev–Trinajstić information content (AvgIpc) is 3.24. The third-order valence-electron chi connectivity index (χ3n) is 5.22. The number of fused-ring (bicyclic) bond motifs is 1. The molecule has 2 aromatic carbocycles. The van der Waals surface area contributed by atoms with E-state index in [4.69, 9.17) is 14.0 Å². The number of hydrogen-bond acceptors (Lipinski definition) is 9. The van der Waals surface area contributed by atoms with Gasteiger partial charge in [0.05, 0.1) is 40.4 Å². The first-order chi connectivity index (χ1) is 16.8. The van der Waals surface area contributed by atoms with E-state index in [2.05, 4.69) is 15.5 Å². The SMILES string of the molecule is COc1ccc(NC(=O)C(C)OC(=O)c2cc(-c3ccccc3)nc3onc(C)c23)c([N+](=O)[O-])c1. The van der Waals surface area contributed by atoms with E-state index < -0.39 is 22.9 Å². The summed E-state index contributed by atoms with van der Waals surface area (Å²) in [7, 11) is 1.37. The highest BCUT2D eigenvalue weighted by atomic mass is 16.6. The number of pyridine rings is 1. The molecule has 0 fully saturated rings. The van der Waals surface area contributed by atoms with Crippen LogP contribution in [0.2, 0.25) is 0 Å². The summed E-state index contributed by atoms with van der Waals surface area (Å²) >= 11 is 0. The molecule has 0 bridgehead atoms. The van der Waals surface area contributed by atoms with Crippen molar-refractivity contribution in [2.75, 3.05) is 12.4 Å². The van der Waals surface area contributed by atoms with Crippen LogP contribution in [-0.2, 0) is 9.53 Å². The number of carbonyl (C=O) groups excluding carboxylic acids is 2. The molecule has 178 valence electrons. The highest BCUT2D eigenvalue weighted by molar-refractivity contribution is 6.06. The Hall–Kier alpha value is -4.80. The minimum absolute atomic E-state index is 0.0590. The second kappa shape index (κ2) is 9.59. The molecule has 4 aromatic rings. The normalized spacial score (nSPS) is 11.6. The molecule has 0 aliphatic rings. The molecule has 11 heteroatoms. The van der Waals surface area contributed by atoms with Crippen molar-refractivity contribution < 1.29 is 28.5 Å². The highest BCUT2D eigenvalue weighted by Crippen LogP contribution is 2.30. The second-order valence-corrected chi connectivity index (χ2v) is 7.55. The third kappa shape index (κ3) is 4.78. The van der Waals surface area contributed by atoms with Gasteiger partial charge in [0, 0.05) is 5.56 Å². The van der Waals surface area contributed by atoms with Crippen molar-refractivity contribution in [1.82, 2.24) is 10.1 Å². The number of anilines is 1. The Morgan fingerprint density at radius 2 is 1.89 bits per heavy atom. The van der Waals surface area contributed by atoms with Crippen molar-refractivity contribution >= 4 is 34.4 Å². The maximum atomic E-state index is 13.1. The lowest BCUT2D eigenvalue weighted by molar-refractivity contribution is -0.384. The largest absolute Gasteiger partial charge is 0.496 e. The van der Waals surface area contributed by atoms with Gasteiger partial charge in [-0.05, 0) is 32.0 Å². The van der Waals surface area contributed by atoms with Crippen LogP contribution in [0, 0.1) is 17.0 Å². The molecule has 0 aliphatic carbocycles. The molecule has 1 unspecified atom stereocenters. The van der Waals surface area contributed by atoms with Gasteiger partial charge in [-0.3, -0.25) is 14.9 Å². The number of rotatable bonds is 7. The maximum absolute atomic E-state index is 13.1. The number of nitrogens with zero attached hydrogens (tertiary/aromatic N) is 3. The minimum Gasteiger partial charge on any atom is -0.496 e. The fourth-order valence-corrected chi connectivity index (χ4v) is 3.42. The van der Waals surface area contributed by atoms with Crippen LogP contribution in [0.25, 0.3) is 22.4 Å². The van der Waals surface area contributed by atoms with E-state index >= 15 is 0 Å². The Labute approximate surface area is 198 Å². The number of nitro benzene ring substituents is 1. The van der Waals surface area contributed by atoms with Gasteiger partial charge in [-0.1, -0.05) is 35.5 Å². The molecule has 1 N–H and O–H groups in total. The molecule has 2 aromatic heterocycles. The Morgan fingerprint density at radius 3 is 2.57 bits per heavy atom. The van der Waals surface area contributed by atoms with Crippen molar-refractivity contribution in [3.8, 4) is 17.0 Å². The summed E-state index contributed by atoms with van der Waals surface area (Å²) in [5.41, 5.74) is 1.51. The summed E-state index contributed by atoms with van der Waals surface area (Å²) in [6, 6.07) is 14.7. The second-order valence-electron chi connectivity index (χ2n) is 7.55. The molecule has 4 rings (SSSR count). The predicted molar refractivity (Wildman–Crippen MR) is 125 cm³/mol. The van der Waals surface area contributed by atoms with E-state index in [1.807, 2.05) is 30.3 Å². The van der Waals surface area contributed by atoms with Crippen LogP contribution in [-0.4, -0.2) is 40.2 Å². The van der Waals surface area contributed by atoms with Gasteiger partial charge in [-0.2, -0.15) is 0 Å². The van der Waals surface area contributed by atoms with Gasteiger partial charge in [0.15, 0.2) is 6.10 Å². The highest BCUT2D eigenvalue weighted by Gasteiger charge is 2.26. The van der Waals surface area contributed by atoms with Crippen LogP contribution in [0.4, 0.5) is 11.4 Å². The van der Waals surface area contributed by atoms with E-state index in [1.54, 1.807) is 13.0 Å². The zero-order valence-corrected chi connectivity index (χ0v) is 19.0. The van der Waals surface area contributed by atoms with E-state index in [0.717, 1.165) is 5.56 Å². The Kier molecular flexibility index (Phi) is 6.40. The summed E-state index contributed by atoms with van der Waals surface area (Å²) in [6.45, 7) is 3.02. The zero-order valence-electron chi connectivity index (χ0n) is 19.0. The molecule has 2 heterocycles. The van der Waals surface area contributed by atoms with Crippen LogP contribution < -0.4 is 10.1 Å². The molecule has 1 atom stereocenters. The van der Waals surface area contributed by atoms with Gasteiger partial charge in [0.2, 0.25) is 0 Å². The number of methoxy groups -OCH3 is 1. The van der Waals surface area contributed by atoms with Crippen LogP contribution in [0.1, 0.15) is 23.0 Å². The van der Waals surface area contributed by atoms with Gasteiger partial charge in [-0.15, -0.1) is 0 Å². The molecule has 0 saturated carbocycles. The number of nitrogens with one attached hydrogen (secondary N) is 1. The predicted octanol–water partition coefficient (Wildman–Crippen LogP) is 4.30. The van der Waals surface area contributed by atoms with Crippen LogP contribution >= 0.6 is 0 Å². The topological polar surface area (TPSA) is 147 Å². The Bertz CT molecular complexity index is 1430. The summed E-state index contributed by atoms with van der Waals surface area (Å²) in [5, 5.41) is 18.1. The van der Waals surface area contributed by atoms with Crippen molar-refractivity contribution in [3.63, 3.8) is 0 Å². The Morgan fingerprint density at radius 1 is 1.14 bits per heavy atom. The van der Waals surface area contributed by atoms with E-state index in [1.165, 1.54) is 32.2 Å².